The average molecular weight is 253 g/mol. The normalized spacial score (nSPS) is 22.8. The minimum atomic E-state index is -4.18. The van der Waals surface area contributed by atoms with Crippen LogP contribution in [0.1, 0.15) is 44.9 Å². The maximum Gasteiger partial charge on any atom is 0.389 e. The van der Waals surface area contributed by atoms with Crippen molar-refractivity contribution < 1.29 is 18.3 Å². The van der Waals surface area contributed by atoms with Gasteiger partial charge in [0.15, 0.2) is 0 Å². The lowest BCUT2D eigenvalue weighted by Crippen LogP contribution is -2.55. The van der Waals surface area contributed by atoms with Gasteiger partial charge in [-0.3, -0.25) is 0 Å². The summed E-state index contributed by atoms with van der Waals surface area (Å²) < 4.78 is 36.6. The number of hydrogen-bond donors (Lipinski definition) is 1. The fourth-order valence-corrected chi connectivity index (χ4v) is 2.81. The molecule has 0 bridgehead atoms. The second-order valence-corrected chi connectivity index (χ2v) is 5.23. The van der Waals surface area contributed by atoms with E-state index in [9.17, 15) is 18.3 Å². The molecule has 0 aromatic rings. The minimum Gasteiger partial charge on any atom is -0.391 e. The van der Waals surface area contributed by atoms with E-state index in [-0.39, 0.29) is 6.42 Å². The Morgan fingerprint density at radius 3 is 2.12 bits per heavy atom. The van der Waals surface area contributed by atoms with E-state index in [0.29, 0.717) is 0 Å². The van der Waals surface area contributed by atoms with Gasteiger partial charge in [-0.1, -0.05) is 19.3 Å². The second kappa shape index (κ2) is 5.57. The van der Waals surface area contributed by atoms with Crippen LogP contribution in [0.3, 0.4) is 0 Å². The van der Waals surface area contributed by atoms with E-state index in [2.05, 4.69) is 0 Å². The smallest absolute Gasteiger partial charge is 0.389 e. The summed E-state index contributed by atoms with van der Waals surface area (Å²) in [5.41, 5.74) is -0.455. The third-order valence-electron chi connectivity index (χ3n) is 3.93. The van der Waals surface area contributed by atoms with Crippen LogP contribution in [0.5, 0.6) is 0 Å². The van der Waals surface area contributed by atoms with Crippen molar-refractivity contribution in [1.29, 1.82) is 0 Å². The van der Waals surface area contributed by atoms with Gasteiger partial charge in [0.25, 0.3) is 0 Å². The zero-order chi connectivity index (χ0) is 13.1. The van der Waals surface area contributed by atoms with Crippen molar-refractivity contribution >= 4 is 0 Å². The molecule has 0 heterocycles. The first-order valence-corrected chi connectivity index (χ1v) is 6.20. The Balaban J connectivity index is 2.63. The van der Waals surface area contributed by atoms with Crippen molar-refractivity contribution in [2.45, 2.75) is 62.8 Å². The Morgan fingerprint density at radius 2 is 1.71 bits per heavy atom. The summed E-state index contributed by atoms with van der Waals surface area (Å²) in [5, 5.41) is 10.1. The van der Waals surface area contributed by atoms with Crippen LogP contribution in [0.15, 0.2) is 0 Å². The number of aliphatic hydroxyl groups excluding tert-OH is 1. The number of alkyl halides is 3. The fourth-order valence-electron chi connectivity index (χ4n) is 2.81. The molecule has 0 aromatic carbocycles. The van der Waals surface area contributed by atoms with Gasteiger partial charge < -0.3 is 10.0 Å². The van der Waals surface area contributed by atoms with Crippen LogP contribution in [-0.2, 0) is 0 Å². The number of likely N-dealkylation sites (N-methyl/N-ethyl adjacent to an activating group) is 1. The SMILES string of the molecule is CN(C)C1(C(O)CCC(F)(F)F)CCCCC1. The summed E-state index contributed by atoms with van der Waals surface area (Å²) in [6.07, 6.45) is -1.49. The van der Waals surface area contributed by atoms with Crippen LogP contribution in [0.4, 0.5) is 13.2 Å². The highest BCUT2D eigenvalue weighted by molar-refractivity contribution is 4.96. The first-order chi connectivity index (χ1) is 7.78. The molecule has 17 heavy (non-hydrogen) atoms. The lowest BCUT2D eigenvalue weighted by Gasteiger charge is -2.46. The zero-order valence-corrected chi connectivity index (χ0v) is 10.6. The van der Waals surface area contributed by atoms with Crippen LogP contribution in [0, 0.1) is 0 Å². The van der Waals surface area contributed by atoms with Crippen molar-refractivity contribution in [3.63, 3.8) is 0 Å². The first kappa shape index (κ1) is 14.8. The first-order valence-electron chi connectivity index (χ1n) is 6.20. The molecule has 1 rings (SSSR count). The quantitative estimate of drug-likeness (QED) is 0.832. The topological polar surface area (TPSA) is 23.5 Å². The van der Waals surface area contributed by atoms with E-state index in [1.807, 2.05) is 19.0 Å². The largest absolute Gasteiger partial charge is 0.391 e. The molecule has 1 N–H and O–H groups in total. The molecule has 1 unspecified atom stereocenters. The predicted octanol–water partition coefficient (Wildman–Crippen LogP) is 2.95. The summed E-state index contributed by atoms with van der Waals surface area (Å²) in [6, 6.07) is 0. The summed E-state index contributed by atoms with van der Waals surface area (Å²) in [4.78, 5) is 1.91. The van der Waals surface area contributed by atoms with Crippen LogP contribution in [-0.4, -0.2) is 41.9 Å². The van der Waals surface area contributed by atoms with E-state index < -0.39 is 24.2 Å². The molecule has 1 saturated carbocycles. The molecule has 0 saturated heterocycles. The fraction of sp³-hybridized carbons (Fsp3) is 1.00. The van der Waals surface area contributed by atoms with Crippen molar-refractivity contribution in [2.75, 3.05) is 14.1 Å². The van der Waals surface area contributed by atoms with E-state index in [4.69, 9.17) is 0 Å². The van der Waals surface area contributed by atoms with E-state index in [1.165, 1.54) is 0 Å². The molecular weight excluding hydrogens is 231 g/mol. The Labute approximate surface area is 101 Å². The molecule has 1 fully saturated rings. The van der Waals surface area contributed by atoms with Gasteiger partial charge in [0.1, 0.15) is 0 Å². The third-order valence-corrected chi connectivity index (χ3v) is 3.93. The van der Waals surface area contributed by atoms with Crippen molar-refractivity contribution in [3.8, 4) is 0 Å². The third kappa shape index (κ3) is 3.85. The molecular formula is C12H22F3NO. The molecule has 1 aliphatic rings. The van der Waals surface area contributed by atoms with Crippen LogP contribution in [0.2, 0.25) is 0 Å². The van der Waals surface area contributed by atoms with Gasteiger partial charge in [-0.15, -0.1) is 0 Å². The van der Waals surface area contributed by atoms with Gasteiger partial charge >= 0.3 is 6.18 Å². The van der Waals surface area contributed by atoms with Crippen LogP contribution < -0.4 is 0 Å². The van der Waals surface area contributed by atoms with Crippen LogP contribution >= 0.6 is 0 Å². The number of hydrogen-bond acceptors (Lipinski definition) is 2. The number of halogens is 3. The molecule has 5 heteroatoms. The highest BCUT2D eigenvalue weighted by Crippen LogP contribution is 2.37. The molecule has 0 amide bonds. The summed E-state index contributed by atoms with van der Waals surface area (Å²) in [5.74, 6) is 0. The van der Waals surface area contributed by atoms with Gasteiger partial charge in [-0.2, -0.15) is 13.2 Å². The van der Waals surface area contributed by atoms with Crippen molar-refractivity contribution in [2.24, 2.45) is 0 Å². The summed E-state index contributed by atoms with van der Waals surface area (Å²) in [7, 11) is 3.70. The van der Waals surface area contributed by atoms with Crippen LogP contribution in [0.25, 0.3) is 0 Å². The number of nitrogens with zero attached hydrogens (tertiary/aromatic N) is 1. The highest BCUT2D eigenvalue weighted by Gasteiger charge is 2.42. The summed E-state index contributed by atoms with van der Waals surface area (Å²) >= 11 is 0. The lowest BCUT2D eigenvalue weighted by atomic mass is 9.75. The van der Waals surface area contributed by atoms with Gasteiger partial charge in [0.2, 0.25) is 0 Å². The maximum atomic E-state index is 12.2. The van der Waals surface area contributed by atoms with Gasteiger partial charge in [-0.25, -0.2) is 0 Å². The van der Waals surface area contributed by atoms with Gasteiger partial charge in [0.05, 0.1) is 6.10 Å². The predicted molar refractivity (Wildman–Crippen MR) is 60.8 cm³/mol. The Hall–Kier alpha value is -0.290. The standard InChI is InChI=1S/C12H22F3NO/c1-16(2)11(7-4-3-5-8-11)10(17)6-9-12(13,14)15/h10,17H,3-9H2,1-2H3. The summed E-state index contributed by atoms with van der Waals surface area (Å²) in [6.45, 7) is 0. The van der Waals surface area contributed by atoms with Gasteiger partial charge in [-0.05, 0) is 33.4 Å². The monoisotopic (exact) mass is 253 g/mol. The van der Waals surface area contributed by atoms with Crippen molar-refractivity contribution in [3.05, 3.63) is 0 Å². The van der Waals surface area contributed by atoms with E-state index in [0.717, 1.165) is 32.1 Å². The molecule has 1 atom stereocenters. The molecule has 0 aliphatic heterocycles. The molecule has 0 aromatic heterocycles. The molecule has 0 radical (unpaired) electrons. The zero-order valence-electron chi connectivity index (χ0n) is 10.6. The number of aliphatic hydroxyl groups is 1. The Kier molecular flexibility index (Phi) is 4.84. The van der Waals surface area contributed by atoms with Crippen molar-refractivity contribution in [1.82, 2.24) is 4.90 Å². The minimum absolute atomic E-state index is 0.193. The molecule has 2 nitrogen and oxygen atoms in total. The molecule has 0 spiro atoms. The van der Waals surface area contributed by atoms with E-state index in [1.54, 1.807) is 0 Å². The second-order valence-electron chi connectivity index (χ2n) is 5.23. The highest BCUT2D eigenvalue weighted by atomic mass is 19.4. The Morgan fingerprint density at radius 1 is 1.18 bits per heavy atom. The average Bonchev–Trinajstić information content (AvgIpc) is 2.25. The Bertz CT molecular complexity index is 234. The lowest BCUT2D eigenvalue weighted by molar-refractivity contribution is -0.146. The molecule has 1 aliphatic carbocycles. The van der Waals surface area contributed by atoms with Gasteiger partial charge in [0, 0.05) is 12.0 Å². The molecule has 102 valence electrons. The number of rotatable bonds is 4. The maximum absolute atomic E-state index is 12.2. The van der Waals surface area contributed by atoms with E-state index >= 15 is 0 Å².